The number of aromatic amines is 1. The average Bonchev–Trinajstić information content (AvgIpc) is 3.21. The molecular formula is C27H25ClN4OS. The van der Waals surface area contributed by atoms with Gasteiger partial charge < -0.3 is 10.3 Å². The molecule has 4 aromatic rings. The number of H-pyrrole nitrogens is 1. The zero-order valence-electron chi connectivity index (χ0n) is 19.1. The van der Waals surface area contributed by atoms with E-state index in [1.807, 2.05) is 55.5 Å². The first-order valence-electron chi connectivity index (χ1n) is 10.9. The number of thiocarbonyl (C=S) groups is 1. The molecule has 0 aliphatic heterocycles. The maximum atomic E-state index is 12.2. The fourth-order valence-corrected chi connectivity index (χ4v) is 3.84. The van der Waals surface area contributed by atoms with Crippen molar-refractivity contribution in [3.05, 3.63) is 88.5 Å². The number of halogens is 1. The van der Waals surface area contributed by atoms with Crippen molar-refractivity contribution in [2.75, 3.05) is 5.32 Å². The lowest BCUT2D eigenvalue weighted by Crippen LogP contribution is -2.32. The Morgan fingerprint density at radius 3 is 2.47 bits per heavy atom. The molecule has 0 spiro atoms. The Morgan fingerprint density at radius 1 is 1.09 bits per heavy atom. The van der Waals surface area contributed by atoms with Crippen LogP contribution in [0.4, 0.5) is 5.69 Å². The van der Waals surface area contributed by atoms with Gasteiger partial charge in [0.2, 0.25) is 5.91 Å². The summed E-state index contributed by atoms with van der Waals surface area (Å²) in [6, 6.07) is 19.6. The molecule has 0 aliphatic rings. The minimum absolute atomic E-state index is 0.228. The number of imidazole rings is 1. The minimum atomic E-state index is -0.293. The zero-order valence-corrected chi connectivity index (χ0v) is 20.7. The Balaban J connectivity index is 1.35. The largest absolute Gasteiger partial charge is 0.338 e. The number of hydrogen-bond acceptors (Lipinski definition) is 3. The molecule has 4 rings (SSSR count). The van der Waals surface area contributed by atoms with Gasteiger partial charge in [0, 0.05) is 22.3 Å². The fourth-order valence-electron chi connectivity index (χ4n) is 3.47. The number of amides is 1. The minimum Gasteiger partial charge on any atom is -0.338 e. The molecule has 1 amide bonds. The summed E-state index contributed by atoms with van der Waals surface area (Å²) in [7, 11) is 0. The first-order chi connectivity index (χ1) is 16.3. The third kappa shape index (κ3) is 5.71. The molecule has 7 heteroatoms. The van der Waals surface area contributed by atoms with Gasteiger partial charge in [0.25, 0.3) is 0 Å². The number of aromatic nitrogens is 2. The van der Waals surface area contributed by atoms with Crippen LogP contribution in [0.25, 0.3) is 28.5 Å². The van der Waals surface area contributed by atoms with Crippen LogP contribution >= 0.6 is 23.8 Å². The highest BCUT2D eigenvalue weighted by molar-refractivity contribution is 7.80. The summed E-state index contributed by atoms with van der Waals surface area (Å²) in [6.07, 6.45) is 3.23. The first-order valence-corrected chi connectivity index (χ1v) is 11.7. The van der Waals surface area contributed by atoms with Crippen LogP contribution in [0.3, 0.4) is 0 Å². The van der Waals surface area contributed by atoms with E-state index in [1.54, 1.807) is 6.08 Å². The first kappa shape index (κ1) is 23.7. The molecule has 0 unspecified atom stereocenters. The maximum Gasteiger partial charge on any atom is 0.250 e. The highest BCUT2D eigenvalue weighted by Gasteiger charge is 2.08. The van der Waals surface area contributed by atoms with Crippen LogP contribution in [-0.2, 0) is 4.79 Å². The second-order valence-corrected chi connectivity index (χ2v) is 9.19. The molecule has 172 valence electrons. The number of hydrogen-bond donors (Lipinski definition) is 3. The number of nitrogens with one attached hydrogen (secondary N) is 3. The predicted octanol–water partition coefficient (Wildman–Crippen LogP) is 6.84. The lowest BCUT2D eigenvalue weighted by atomic mass is 10.0. The normalized spacial score (nSPS) is 11.3. The summed E-state index contributed by atoms with van der Waals surface area (Å²) >= 11 is 11.5. The Labute approximate surface area is 209 Å². The van der Waals surface area contributed by atoms with Gasteiger partial charge in [-0.1, -0.05) is 49.7 Å². The Hall–Kier alpha value is -3.48. The monoisotopic (exact) mass is 488 g/mol. The van der Waals surface area contributed by atoms with E-state index in [-0.39, 0.29) is 11.0 Å². The molecule has 34 heavy (non-hydrogen) atoms. The van der Waals surface area contributed by atoms with Gasteiger partial charge >= 0.3 is 0 Å². The molecule has 5 nitrogen and oxygen atoms in total. The Kier molecular flexibility index (Phi) is 7.10. The molecule has 0 atom stereocenters. The molecule has 0 saturated carbocycles. The Bertz CT molecular complexity index is 1330. The third-order valence-corrected chi connectivity index (χ3v) is 6.06. The van der Waals surface area contributed by atoms with Crippen molar-refractivity contribution in [3.63, 3.8) is 0 Å². The number of carbonyl (C=O) groups excluding carboxylic acids is 1. The summed E-state index contributed by atoms with van der Waals surface area (Å²) in [4.78, 5) is 20.2. The molecule has 1 aromatic heterocycles. The van der Waals surface area contributed by atoms with E-state index in [9.17, 15) is 4.79 Å². The second-order valence-electron chi connectivity index (χ2n) is 8.38. The predicted molar refractivity (Wildman–Crippen MR) is 145 cm³/mol. The smallest absolute Gasteiger partial charge is 0.250 e. The number of benzene rings is 3. The molecule has 3 N–H and O–H groups in total. The number of fused-ring (bicyclic) bond motifs is 1. The second kappa shape index (κ2) is 10.2. The summed E-state index contributed by atoms with van der Waals surface area (Å²) in [5, 5.41) is 6.62. The third-order valence-electron chi connectivity index (χ3n) is 5.45. The number of carbonyl (C=O) groups is 1. The Morgan fingerprint density at radius 2 is 1.79 bits per heavy atom. The van der Waals surface area contributed by atoms with Crippen LogP contribution in [0.1, 0.15) is 36.5 Å². The van der Waals surface area contributed by atoms with Crippen LogP contribution in [0.5, 0.6) is 0 Å². The SMILES string of the molecule is Cc1cc2[nH]c(-c3ccc(NC(=S)NC(=O)/C=C/c4ccc(C(C)C)cc4)cc3)nc2cc1Cl. The van der Waals surface area contributed by atoms with Crippen molar-refractivity contribution in [3.8, 4) is 11.4 Å². The van der Waals surface area contributed by atoms with Gasteiger partial charge in [-0.15, -0.1) is 0 Å². The molecule has 0 radical (unpaired) electrons. The average molecular weight is 489 g/mol. The molecule has 3 aromatic carbocycles. The van der Waals surface area contributed by atoms with Crippen molar-refractivity contribution < 1.29 is 4.79 Å². The van der Waals surface area contributed by atoms with E-state index < -0.39 is 0 Å². The van der Waals surface area contributed by atoms with Crippen LogP contribution in [0, 0.1) is 6.92 Å². The van der Waals surface area contributed by atoms with E-state index in [4.69, 9.17) is 23.8 Å². The van der Waals surface area contributed by atoms with E-state index in [0.29, 0.717) is 10.9 Å². The van der Waals surface area contributed by atoms with E-state index in [0.717, 1.165) is 39.2 Å². The van der Waals surface area contributed by atoms with Crippen molar-refractivity contribution in [1.82, 2.24) is 15.3 Å². The highest BCUT2D eigenvalue weighted by Crippen LogP contribution is 2.26. The van der Waals surface area contributed by atoms with Gasteiger partial charge in [0.15, 0.2) is 5.11 Å². The summed E-state index contributed by atoms with van der Waals surface area (Å²) in [5.41, 5.74) is 6.66. The zero-order chi connectivity index (χ0) is 24.2. The van der Waals surface area contributed by atoms with Gasteiger partial charge in [-0.05, 0) is 84.2 Å². The van der Waals surface area contributed by atoms with Gasteiger partial charge in [0.05, 0.1) is 11.0 Å². The van der Waals surface area contributed by atoms with Gasteiger partial charge in [0.1, 0.15) is 5.82 Å². The molecular weight excluding hydrogens is 464 g/mol. The maximum absolute atomic E-state index is 12.2. The summed E-state index contributed by atoms with van der Waals surface area (Å²) in [6.45, 7) is 6.26. The highest BCUT2D eigenvalue weighted by atomic mass is 35.5. The molecule has 1 heterocycles. The molecule has 0 fully saturated rings. The van der Waals surface area contributed by atoms with E-state index >= 15 is 0 Å². The lowest BCUT2D eigenvalue weighted by Gasteiger charge is -2.08. The van der Waals surface area contributed by atoms with Crippen LogP contribution in [0.15, 0.2) is 66.7 Å². The number of rotatable bonds is 5. The van der Waals surface area contributed by atoms with Crippen molar-refractivity contribution >= 4 is 57.6 Å². The van der Waals surface area contributed by atoms with Gasteiger partial charge in [-0.25, -0.2) is 4.98 Å². The van der Waals surface area contributed by atoms with Crippen molar-refractivity contribution in [1.29, 1.82) is 0 Å². The number of aryl methyl sites for hydroxylation is 1. The summed E-state index contributed by atoms with van der Waals surface area (Å²) in [5.74, 6) is 0.935. The lowest BCUT2D eigenvalue weighted by molar-refractivity contribution is -0.115. The van der Waals surface area contributed by atoms with E-state index in [1.165, 1.54) is 11.6 Å². The quantitative estimate of drug-likeness (QED) is 0.212. The molecule has 0 aliphatic carbocycles. The number of anilines is 1. The van der Waals surface area contributed by atoms with Crippen LogP contribution in [-0.4, -0.2) is 21.0 Å². The van der Waals surface area contributed by atoms with E-state index in [2.05, 4.69) is 46.6 Å². The molecule has 0 saturated heterocycles. The fraction of sp³-hybridized carbons (Fsp3) is 0.148. The molecule has 0 bridgehead atoms. The number of nitrogens with zero attached hydrogens (tertiary/aromatic N) is 1. The summed E-state index contributed by atoms with van der Waals surface area (Å²) < 4.78 is 0. The van der Waals surface area contributed by atoms with Crippen LogP contribution in [0.2, 0.25) is 5.02 Å². The van der Waals surface area contributed by atoms with Gasteiger partial charge in [-0.3, -0.25) is 10.1 Å². The standard InChI is InChI=1S/C27H25ClN4OS/c1-16(2)19-7-4-18(5-8-19)6-13-25(33)32-27(34)29-21-11-9-20(10-12-21)26-30-23-14-17(3)22(28)15-24(23)31-26/h4-16H,1-3H3,(H,30,31)(H2,29,32,33,34)/b13-6+. The van der Waals surface area contributed by atoms with Crippen LogP contribution < -0.4 is 10.6 Å². The van der Waals surface area contributed by atoms with Crippen molar-refractivity contribution in [2.45, 2.75) is 26.7 Å². The van der Waals surface area contributed by atoms with Gasteiger partial charge in [-0.2, -0.15) is 0 Å². The topological polar surface area (TPSA) is 69.8 Å². The van der Waals surface area contributed by atoms with Crippen molar-refractivity contribution in [2.24, 2.45) is 0 Å².